The van der Waals surface area contributed by atoms with Crippen LogP contribution in [0.1, 0.15) is 45.4 Å². The lowest BCUT2D eigenvalue weighted by molar-refractivity contribution is -0.165. The summed E-state index contributed by atoms with van der Waals surface area (Å²) in [6.45, 7) is 1.54. The third kappa shape index (κ3) is 3.98. The predicted octanol–water partition coefficient (Wildman–Crippen LogP) is 1.46. The van der Waals surface area contributed by atoms with Gasteiger partial charge < -0.3 is 19.5 Å². The molecule has 4 aliphatic carbocycles. The molecule has 0 radical (unpaired) electrons. The van der Waals surface area contributed by atoms with Crippen LogP contribution in [0.2, 0.25) is 0 Å². The van der Waals surface area contributed by atoms with Gasteiger partial charge in [-0.05, 0) is 56.3 Å². The van der Waals surface area contributed by atoms with E-state index in [0.717, 1.165) is 33.5 Å². The van der Waals surface area contributed by atoms with Gasteiger partial charge in [-0.2, -0.15) is 0 Å². The Morgan fingerprint density at radius 3 is 1.59 bits per heavy atom. The molecule has 1 N–H and O–H groups in total. The van der Waals surface area contributed by atoms with E-state index in [2.05, 4.69) is 5.32 Å². The van der Waals surface area contributed by atoms with Gasteiger partial charge in [0, 0.05) is 11.3 Å². The quantitative estimate of drug-likeness (QED) is 0.385. The van der Waals surface area contributed by atoms with Crippen molar-refractivity contribution in [3.05, 3.63) is 0 Å². The first-order chi connectivity index (χ1) is 13.7. The van der Waals surface area contributed by atoms with Crippen LogP contribution in [0.15, 0.2) is 0 Å². The molecule has 0 aromatic rings. The highest BCUT2D eigenvalue weighted by atomic mass is 16.5. The Morgan fingerprint density at radius 1 is 0.793 bits per heavy atom. The molecule has 162 valence electrons. The molecule has 4 fully saturated rings. The highest BCUT2D eigenvalue weighted by molar-refractivity contribution is 5.96. The minimum Gasteiger partial charge on any atom is -0.468 e. The molecule has 0 aromatic carbocycles. The van der Waals surface area contributed by atoms with Gasteiger partial charge in [0.15, 0.2) is 5.92 Å². The molecule has 0 unspecified atom stereocenters. The fourth-order valence-electron chi connectivity index (χ4n) is 6.19. The molecule has 4 bridgehead atoms. The smallest absolute Gasteiger partial charge is 0.328 e. The zero-order chi connectivity index (χ0) is 21.3. The van der Waals surface area contributed by atoms with Gasteiger partial charge in [0.1, 0.15) is 6.04 Å². The summed E-state index contributed by atoms with van der Waals surface area (Å²) in [6.07, 6.45) is 6.09. The summed E-state index contributed by atoms with van der Waals surface area (Å²) in [4.78, 5) is 50.3. The van der Waals surface area contributed by atoms with Crippen LogP contribution in [0.25, 0.3) is 0 Å². The van der Waals surface area contributed by atoms with Crippen molar-refractivity contribution in [2.75, 3.05) is 21.3 Å². The Morgan fingerprint density at radius 2 is 1.21 bits per heavy atom. The van der Waals surface area contributed by atoms with Crippen LogP contribution in [0, 0.1) is 35.0 Å². The zero-order valence-corrected chi connectivity index (χ0v) is 17.6. The van der Waals surface area contributed by atoms with Gasteiger partial charge in [-0.25, -0.2) is 4.79 Å². The largest absolute Gasteiger partial charge is 0.468 e. The summed E-state index contributed by atoms with van der Waals surface area (Å²) in [5.74, 6) is -3.03. The van der Waals surface area contributed by atoms with Gasteiger partial charge in [-0.1, -0.05) is 6.92 Å². The predicted molar refractivity (Wildman–Crippen MR) is 101 cm³/mol. The average Bonchev–Trinajstić information content (AvgIpc) is 2.69. The van der Waals surface area contributed by atoms with E-state index in [0.29, 0.717) is 17.8 Å². The normalized spacial score (nSPS) is 31.7. The van der Waals surface area contributed by atoms with E-state index in [4.69, 9.17) is 14.2 Å². The fourth-order valence-corrected chi connectivity index (χ4v) is 6.19. The topological polar surface area (TPSA) is 108 Å². The Bertz CT molecular complexity index is 637. The first-order valence-corrected chi connectivity index (χ1v) is 10.3. The van der Waals surface area contributed by atoms with Crippen LogP contribution in [-0.4, -0.2) is 51.2 Å². The van der Waals surface area contributed by atoms with Crippen molar-refractivity contribution in [3.63, 3.8) is 0 Å². The summed E-state index contributed by atoms with van der Waals surface area (Å²) in [7, 11) is 3.53. The summed E-state index contributed by atoms with van der Waals surface area (Å²) in [5, 5.41) is 2.83. The van der Waals surface area contributed by atoms with Crippen molar-refractivity contribution in [2.24, 2.45) is 35.0 Å². The number of rotatable bonds is 7. The van der Waals surface area contributed by atoms with E-state index >= 15 is 0 Å². The first-order valence-electron chi connectivity index (χ1n) is 10.3. The lowest BCUT2D eigenvalue weighted by Crippen LogP contribution is -2.58. The molecule has 0 aromatic heterocycles. The van der Waals surface area contributed by atoms with Gasteiger partial charge in [0.05, 0.1) is 21.3 Å². The number of hydrogen-bond donors (Lipinski definition) is 1. The minimum absolute atomic E-state index is 0.174. The number of carbonyl (C=O) groups is 4. The fraction of sp³-hybridized carbons (Fsp3) is 0.810. The SMILES string of the molecule is COC(=O)C(C(=O)OC)[C@@H](C)[C@@H](NC(=O)C12CC3CC(CC(C3)C1)C2)C(=O)OC. The summed E-state index contributed by atoms with van der Waals surface area (Å²) in [5.41, 5.74) is -0.466. The summed E-state index contributed by atoms with van der Waals surface area (Å²) >= 11 is 0. The molecule has 0 aliphatic heterocycles. The van der Waals surface area contributed by atoms with Gasteiger partial charge in [-0.15, -0.1) is 0 Å². The number of methoxy groups -OCH3 is 3. The molecular weight excluding hydrogens is 378 g/mol. The number of carbonyl (C=O) groups excluding carboxylic acids is 4. The Hall–Kier alpha value is -2.12. The molecule has 1 amide bonds. The van der Waals surface area contributed by atoms with Crippen molar-refractivity contribution >= 4 is 23.8 Å². The van der Waals surface area contributed by atoms with E-state index in [9.17, 15) is 19.2 Å². The molecule has 4 aliphatic rings. The average molecular weight is 409 g/mol. The first kappa shape index (κ1) is 21.6. The molecule has 0 heterocycles. The molecule has 0 saturated heterocycles. The maximum Gasteiger partial charge on any atom is 0.328 e. The lowest BCUT2D eigenvalue weighted by atomic mass is 9.49. The van der Waals surface area contributed by atoms with Crippen molar-refractivity contribution in [1.82, 2.24) is 5.32 Å². The molecule has 0 spiro atoms. The van der Waals surface area contributed by atoms with Crippen LogP contribution < -0.4 is 5.32 Å². The van der Waals surface area contributed by atoms with E-state index in [1.54, 1.807) is 6.92 Å². The van der Waals surface area contributed by atoms with Gasteiger partial charge >= 0.3 is 17.9 Å². The zero-order valence-electron chi connectivity index (χ0n) is 17.6. The Labute approximate surface area is 171 Å². The van der Waals surface area contributed by atoms with Crippen LogP contribution in [0.3, 0.4) is 0 Å². The van der Waals surface area contributed by atoms with Crippen molar-refractivity contribution in [3.8, 4) is 0 Å². The summed E-state index contributed by atoms with van der Waals surface area (Å²) < 4.78 is 14.3. The molecule has 8 nitrogen and oxygen atoms in total. The summed E-state index contributed by atoms with van der Waals surface area (Å²) in [6, 6.07) is -1.15. The number of hydrogen-bond acceptors (Lipinski definition) is 7. The molecule has 2 atom stereocenters. The van der Waals surface area contributed by atoms with E-state index in [1.165, 1.54) is 26.4 Å². The highest BCUT2D eigenvalue weighted by Crippen LogP contribution is 2.60. The third-order valence-electron chi connectivity index (χ3n) is 7.22. The van der Waals surface area contributed by atoms with Crippen LogP contribution in [0.4, 0.5) is 0 Å². The second-order valence-corrected chi connectivity index (χ2v) is 9.06. The molecule has 4 saturated carbocycles. The molecular formula is C21H31NO7. The maximum absolute atomic E-state index is 13.4. The van der Waals surface area contributed by atoms with E-state index < -0.39 is 41.2 Å². The minimum atomic E-state index is -1.34. The van der Waals surface area contributed by atoms with Gasteiger partial charge in [-0.3, -0.25) is 14.4 Å². The second-order valence-electron chi connectivity index (χ2n) is 9.06. The standard InChI is InChI=1S/C21H31NO7/c1-11(15(17(23)27-2)18(24)28-3)16(19(25)29-4)22-20(26)21-8-12-5-13(9-21)7-14(6-12)10-21/h11-16H,5-10H2,1-4H3,(H,22,26)/t11-,12?,13?,14?,16-,21?/m1/s1. The number of nitrogens with one attached hydrogen (secondary N) is 1. The Balaban J connectivity index is 1.82. The van der Waals surface area contributed by atoms with Crippen molar-refractivity contribution in [1.29, 1.82) is 0 Å². The molecule has 4 rings (SSSR count). The molecule has 8 heteroatoms. The highest BCUT2D eigenvalue weighted by Gasteiger charge is 2.55. The third-order valence-corrected chi connectivity index (χ3v) is 7.22. The van der Waals surface area contributed by atoms with E-state index in [-0.39, 0.29) is 5.91 Å². The van der Waals surface area contributed by atoms with Crippen LogP contribution in [-0.2, 0) is 33.4 Å². The number of ether oxygens (including phenoxy) is 3. The van der Waals surface area contributed by atoms with Crippen LogP contribution >= 0.6 is 0 Å². The molecule has 29 heavy (non-hydrogen) atoms. The van der Waals surface area contributed by atoms with Gasteiger partial charge in [0.2, 0.25) is 5.91 Å². The number of amides is 1. The van der Waals surface area contributed by atoms with Crippen LogP contribution in [0.5, 0.6) is 0 Å². The van der Waals surface area contributed by atoms with Crippen molar-refractivity contribution < 1.29 is 33.4 Å². The number of esters is 3. The lowest BCUT2D eigenvalue weighted by Gasteiger charge is -2.55. The monoisotopic (exact) mass is 409 g/mol. The van der Waals surface area contributed by atoms with E-state index in [1.807, 2.05) is 0 Å². The maximum atomic E-state index is 13.4. The van der Waals surface area contributed by atoms with Crippen molar-refractivity contribution in [2.45, 2.75) is 51.5 Å². The Kier molecular flexibility index (Phi) is 6.19. The van der Waals surface area contributed by atoms with Gasteiger partial charge in [0.25, 0.3) is 0 Å². The second kappa shape index (κ2) is 8.32.